The maximum Gasteiger partial charge on any atom is 0.243 e. The Kier molecular flexibility index (Phi) is 10.8. The molecule has 2 aromatic carbocycles. The van der Waals surface area contributed by atoms with Gasteiger partial charge in [-0.1, -0.05) is 74.5 Å². The quantitative estimate of drug-likeness (QED) is 0.356. The molecule has 0 unspecified atom stereocenters. The highest BCUT2D eigenvalue weighted by Gasteiger charge is 2.23. The highest BCUT2D eigenvalue weighted by atomic mass is 16.2. The molecular weight excluding hydrogens is 432 g/mol. The van der Waals surface area contributed by atoms with Crippen molar-refractivity contribution in [3.8, 4) is 0 Å². The number of hydrogen-bond donors (Lipinski definition) is 4. The second-order valence-corrected chi connectivity index (χ2v) is 8.67. The van der Waals surface area contributed by atoms with Crippen LogP contribution in [-0.4, -0.2) is 42.3 Å². The zero-order valence-corrected chi connectivity index (χ0v) is 19.8. The summed E-state index contributed by atoms with van der Waals surface area (Å²) in [5, 5.41) is 7.90. The van der Waals surface area contributed by atoms with Crippen molar-refractivity contribution in [3.63, 3.8) is 0 Å². The van der Waals surface area contributed by atoms with E-state index in [9.17, 15) is 19.2 Å². The Labute approximate surface area is 200 Å². The van der Waals surface area contributed by atoms with Gasteiger partial charge >= 0.3 is 0 Å². The van der Waals surface area contributed by atoms with Crippen molar-refractivity contribution in [1.82, 2.24) is 16.0 Å². The van der Waals surface area contributed by atoms with E-state index in [4.69, 9.17) is 5.73 Å². The van der Waals surface area contributed by atoms with Gasteiger partial charge in [0, 0.05) is 12.8 Å². The number of hydrogen-bond acceptors (Lipinski definition) is 4. The van der Waals surface area contributed by atoms with Gasteiger partial charge in [-0.3, -0.25) is 19.2 Å². The van der Waals surface area contributed by atoms with Crippen molar-refractivity contribution >= 4 is 23.6 Å². The molecule has 0 bridgehead atoms. The SMILES string of the molecule is CC(C)C[C@H](NC(=O)CNC(=O)[C@H](Cc1ccccc1)NC(=O)CCc1ccccc1)C(N)=O. The molecule has 0 aliphatic heterocycles. The van der Waals surface area contributed by atoms with Crippen LogP contribution >= 0.6 is 0 Å². The summed E-state index contributed by atoms with van der Waals surface area (Å²) in [6.07, 6.45) is 1.48. The van der Waals surface area contributed by atoms with Crippen LogP contribution < -0.4 is 21.7 Å². The number of nitrogens with two attached hydrogens (primary N) is 1. The summed E-state index contributed by atoms with van der Waals surface area (Å²) in [5.41, 5.74) is 7.27. The van der Waals surface area contributed by atoms with Crippen molar-refractivity contribution in [1.29, 1.82) is 0 Å². The zero-order chi connectivity index (χ0) is 24.9. The normalized spacial score (nSPS) is 12.4. The van der Waals surface area contributed by atoms with Crippen LogP contribution in [0.15, 0.2) is 60.7 Å². The van der Waals surface area contributed by atoms with Crippen molar-refractivity contribution in [3.05, 3.63) is 71.8 Å². The average Bonchev–Trinajstić information content (AvgIpc) is 2.81. The molecule has 182 valence electrons. The third-order valence-corrected chi connectivity index (χ3v) is 5.23. The van der Waals surface area contributed by atoms with Crippen molar-refractivity contribution in [2.75, 3.05) is 6.54 Å². The Morgan fingerprint density at radius 3 is 1.91 bits per heavy atom. The molecule has 0 aliphatic carbocycles. The van der Waals surface area contributed by atoms with Gasteiger partial charge in [0.15, 0.2) is 0 Å². The maximum atomic E-state index is 12.9. The molecular formula is C26H34N4O4. The molecule has 8 heteroatoms. The van der Waals surface area contributed by atoms with Crippen LogP contribution in [0.1, 0.15) is 37.8 Å². The molecule has 0 saturated heterocycles. The Morgan fingerprint density at radius 1 is 0.794 bits per heavy atom. The monoisotopic (exact) mass is 466 g/mol. The molecule has 0 radical (unpaired) electrons. The molecule has 0 spiro atoms. The summed E-state index contributed by atoms with van der Waals surface area (Å²) in [4.78, 5) is 49.3. The first-order valence-electron chi connectivity index (χ1n) is 11.5. The summed E-state index contributed by atoms with van der Waals surface area (Å²) in [6.45, 7) is 3.50. The lowest BCUT2D eigenvalue weighted by atomic mass is 10.0. The van der Waals surface area contributed by atoms with Crippen molar-refractivity contribution in [2.24, 2.45) is 11.7 Å². The van der Waals surface area contributed by atoms with E-state index in [2.05, 4.69) is 16.0 Å². The summed E-state index contributed by atoms with van der Waals surface area (Å²) < 4.78 is 0. The lowest BCUT2D eigenvalue weighted by Gasteiger charge is -2.20. The van der Waals surface area contributed by atoms with E-state index in [1.54, 1.807) is 0 Å². The van der Waals surface area contributed by atoms with Crippen LogP contribution in [0.25, 0.3) is 0 Å². The fraction of sp³-hybridized carbons (Fsp3) is 0.385. The Balaban J connectivity index is 1.96. The molecule has 8 nitrogen and oxygen atoms in total. The number of amides is 4. The number of aryl methyl sites for hydroxylation is 1. The molecule has 0 aromatic heterocycles. The average molecular weight is 467 g/mol. The van der Waals surface area contributed by atoms with E-state index in [1.807, 2.05) is 74.5 Å². The van der Waals surface area contributed by atoms with Crippen LogP contribution in [-0.2, 0) is 32.0 Å². The number of primary amides is 1. The molecule has 0 aliphatic rings. The summed E-state index contributed by atoms with van der Waals surface area (Å²) in [6, 6.07) is 17.3. The predicted octanol–water partition coefficient (Wildman–Crippen LogP) is 1.48. The lowest BCUT2D eigenvalue weighted by molar-refractivity contribution is -0.131. The molecule has 2 atom stereocenters. The number of benzene rings is 2. The van der Waals surface area contributed by atoms with E-state index >= 15 is 0 Å². The topological polar surface area (TPSA) is 130 Å². The van der Waals surface area contributed by atoms with Gasteiger partial charge in [-0.05, 0) is 29.9 Å². The second kappa shape index (κ2) is 13.8. The van der Waals surface area contributed by atoms with E-state index in [1.165, 1.54) is 0 Å². The molecule has 0 heterocycles. The smallest absolute Gasteiger partial charge is 0.243 e. The first-order valence-corrected chi connectivity index (χ1v) is 11.5. The van der Waals surface area contributed by atoms with Gasteiger partial charge in [0.1, 0.15) is 12.1 Å². The van der Waals surface area contributed by atoms with Crippen molar-refractivity contribution in [2.45, 2.75) is 51.6 Å². The summed E-state index contributed by atoms with van der Waals surface area (Å²) in [7, 11) is 0. The van der Waals surface area contributed by atoms with Crippen LogP contribution in [0.3, 0.4) is 0 Å². The van der Waals surface area contributed by atoms with E-state index in [0.717, 1.165) is 11.1 Å². The minimum atomic E-state index is -0.846. The second-order valence-electron chi connectivity index (χ2n) is 8.67. The van der Waals surface area contributed by atoms with E-state index in [0.29, 0.717) is 12.8 Å². The Hall–Kier alpha value is -3.68. The fourth-order valence-electron chi connectivity index (χ4n) is 3.48. The summed E-state index contributed by atoms with van der Waals surface area (Å²) in [5.74, 6) is -1.72. The zero-order valence-electron chi connectivity index (χ0n) is 19.8. The van der Waals surface area contributed by atoms with Gasteiger partial charge in [-0.2, -0.15) is 0 Å². The number of carbonyl (C=O) groups excluding carboxylic acids is 4. The van der Waals surface area contributed by atoms with E-state index in [-0.39, 0.29) is 31.2 Å². The standard InChI is InChI=1S/C26H34N4O4/c1-18(2)15-21(25(27)33)29-24(32)17-28-26(34)22(16-20-11-7-4-8-12-20)30-23(31)14-13-19-9-5-3-6-10-19/h3-12,18,21-22H,13-17H2,1-2H3,(H2,27,33)(H,28,34)(H,29,32)(H,30,31)/t21-,22-/m0/s1. The van der Waals surface area contributed by atoms with Crippen LogP contribution in [0.4, 0.5) is 0 Å². The molecule has 0 saturated carbocycles. The van der Waals surface area contributed by atoms with Gasteiger partial charge in [0.05, 0.1) is 6.54 Å². The molecule has 2 aromatic rings. The minimum absolute atomic E-state index is 0.161. The minimum Gasteiger partial charge on any atom is -0.368 e. The third-order valence-electron chi connectivity index (χ3n) is 5.23. The van der Waals surface area contributed by atoms with Crippen LogP contribution in [0.2, 0.25) is 0 Å². The summed E-state index contributed by atoms with van der Waals surface area (Å²) >= 11 is 0. The number of rotatable bonds is 13. The fourth-order valence-corrected chi connectivity index (χ4v) is 3.48. The lowest BCUT2D eigenvalue weighted by Crippen LogP contribution is -2.52. The third kappa shape index (κ3) is 9.85. The first-order chi connectivity index (χ1) is 16.2. The molecule has 5 N–H and O–H groups in total. The molecule has 4 amide bonds. The largest absolute Gasteiger partial charge is 0.368 e. The maximum absolute atomic E-state index is 12.9. The van der Waals surface area contributed by atoms with Gasteiger partial charge in [-0.15, -0.1) is 0 Å². The Bertz CT molecular complexity index is 948. The van der Waals surface area contributed by atoms with Gasteiger partial charge < -0.3 is 21.7 Å². The molecule has 0 fully saturated rings. The Morgan fingerprint density at radius 2 is 1.35 bits per heavy atom. The molecule has 2 rings (SSSR count). The first kappa shape index (κ1) is 26.6. The highest BCUT2D eigenvalue weighted by Crippen LogP contribution is 2.07. The van der Waals surface area contributed by atoms with Crippen LogP contribution in [0, 0.1) is 5.92 Å². The van der Waals surface area contributed by atoms with Gasteiger partial charge in [0.2, 0.25) is 23.6 Å². The van der Waals surface area contributed by atoms with E-state index < -0.39 is 29.8 Å². The van der Waals surface area contributed by atoms with Crippen molar-refractivity contribution < 1.29 is 19.2 Å². The molecule has 34 heavy (non-hydrogen) atoms. The highest BCUT2D eigenvalue weighted by molar-refractivity contribution is 5.92. The number of carbonyl (C=O) groups is 4. The van der Waals surface area contributed by atoms with Gasteiger partial charge in [0.25, 0.3) is 0 Å². The number of nitrogens with one attached hydrogen (secondary N) is 3. The predicted molar refractivity (Wildman–Crippen MR) is 130 cm³/mol. The van der Waals surface area contributed by atoms with Crippen LogP contribution in [0.5, 0.6) is 0 Å². The van der Waals surface area contributed by atoms with Gasteiger partial charge in [-0.25, -0.2) is 0 Å².